The Morgan fingerprint density at radius 2 is 2.11 bits per heavy atom. The molecule has 0 radical (unpaired) electrons. The van der Waals surface area contributed by atoms with Crippen LogP contribution in [0.25, 0.3) is 0 Å². The highest BCUT2D eigenvalue weighted by molar-refractivity contribution is 5.73. The Kier molecular flexibility index (Phi) is 7.39. The third kappa shape index (κ3) is 5.49. The van der Waals surface area contributed by atoms with Crippen LogP contribution in [0.1, 0.15) is 52.9 Å². The SMILES string of the molecule is CC[C@H](C)[C@H](NCCOC1CCCCC1C)C(=O)O. The van der Waals surface area contributed by atoms with Crippen molar-refractivity contribution in [3.63, 3.8) is 0 Å². The molecule has 0 saturated heterocycles. The lowest BCUT2D eigenvalue weighted by molar-refractivity contribution is -0.141. The number of carbonyl (C=O) groups is 1. The van der Waals surface area contributed by atoms with Crippen LogP contribution < -0.4 is 5.32 Å². The molecule has 1 rings (SSSR count). The van der Waals surface area contributed by atoms with Crippen LogP contribution in [0, 0.1) is 11.8 Å². The standard InChI is InChI=1S/C15H29NO3/c1-4-11(2)14(15(17)18)16-9-10-19-13-8-6-5-7-12(13)3/h11-14,16H,4-10H2,1-3H3,(H,17,18)/t11-,12?,13?,14-/m0/s1. The maximum atomic E-state index is 11.1. The molecule has 0 aromatic carbocycles. The highest BCUT2D eigenvalue weighted by Crippen LogP contribution is 2.25. The van der Waals surface area contributed by atoms with E-state index >= 15 is 0 Å². The number of nitrogens with one attached hydrogen (secondary N) is 1. The molecular formula is C15H29NO3. The van der Waals surface area contributed by atoms with E-state index in [1.54, 1.807) is 0 Å². The highest BCUT2D eigenvalue weighted by atomic mass is 16.5. The van der Waals surface area contributed by atoms with Crippen molar-refractivity contribution in [2.75, 3.05) is 13.2 Å². The average molecular weight is 271 g/mol. The summed E-state index contributed by atoms with van der Waals surface area (Å²) in [4.78, 5) is 11.1. The molecule has 1 aliphatic carbocycles. The molecule has 1 fully saturated rings. The molecule has 4 heteroatoms. The van der Waals surface area contributed by atoms with Gasteiger partial charge in [0.2, 0.25) is 0 Å². The van der Waals surface area contributed by atoms with Gasteiger partial charge in [-0.1, -0.05) is 40.0 Å². The summed E-state index contributed by atoms with van der Waals surface area (Å²) in [5.41, 5.74) is 0. The molecule has 19 heavy (non-hydrogen) atoms. The van der Waals surface area contributed by atoms with Crippen LogP contribution in [0.3, 0.4) is 0 Å². The van der Waals surface area contributed by atoms with E-state index in [0.29, 0.717) is 25.2 Å². The van der Waals surface area contributed by atoms with Crippen LogP contribution in [0.5, 0.6) is 0 Å². The minimum Gasteiger partial charge on any atom is -0.480 e. The molecule has 1 aliphatic rings. The summed E-state index contributed by atoms with van der Waals surface area (Å²) >= 11 is 0. The maximum absolute atomic E-state index is 11.1. The fourth-order valence-electron chi connectivity index (χ4n) is 2.72. The van der Waals surface area contributed by atoms with Crippen molar-refractivity contribution < 1.29 is 14.6 Å². The largest absolute Gasteiger partial charge is 0.480 e. The first kappa shape index (κ1) is 16.4. The first-order chi connectivity index (χ1) is 9.06. The highest BCUT2D eigenvalue weighted by Gasteiger charge is 2.24. The van der Waals surface area contributed by atoms with Crippen molar-refractivity contribution in [1.82, 2.24) is 5.32 Å². The molecule has 4 nitrogen and oxygen atoms in total. The molecule has 4 atom stereocenters. The number of carboxylic acids is 1. The molecule has 2 N–H and O–H groups in total. The second-order valence-electron chi connectivity index (χ2n) is 5.83. The van der Waals surface area contributed by atoms with Crippen LogP contribution in [-0.4, -0.2) is 36.4 Å². The topological polar surface area (TPSA) is 58.6 Å². The third-order valence-electron chi connectivity index (χ3n) is 4.31. The molecule has 1 saturated carbocycles. The van der Waals surface area contributed by atoms with Gasteiger partial charge in [0.15, 0.2) is 0 Å². The van der Waals surface area contributed by atoms with Crippen molar-refractivity contribution >= 4 is 5.97 Å². The zero-order chi connectivity index (χ0) is 14.3. The van der Waals surface area contributed by atoms with Crippen LogP contribution >= 0.6 is 0 Å². The molecule has 0 heterocycles. The summed E-state index contributed by atoms with van der Waals surface area (Å²) < 4.78 is 5.88. The molecule has 0 bridgehead atoms. The van der Waals surface area contributed by atoms with Gasteiger partial charge in [0.05, 0.1) is 12.7 Å². The van der Waals surface area contributed by atoms with Gasteiger partial charge in [-0.15, -0.1) is 0 Å². The molecule has 0 aromatic rings. The van der Waals surface area contributed by atoms with E-state index in [1.807, 2.05) is 13.8 Å². The monoisotopic (exact) mass is 271 g/mol. The van der Waals surface area contributed by atoms with E-state index in [9.17, 15) is 4.79 Å². The van der Waals surface area contributed by atoms with Crippen molar-refractivity contribution in [3.05, 3.63) is 0 Å². The molecule has 2 unspecified atom stereocenters. The van der Waals surface area contributed by atoms with E-state index in [1.165, 1.54) is 19.3 Å². The number of rotatable bonds is 8. The number of ether oxygens (including phenoxy) is 1. The van der Waals surface area contributed by atoms with Crippen molar-refractivity contribution in [2.45, 2.75) is 65.0 Å². The fraction of sp³-hybridized carbons (Fsp3) is 0.933. The summed E-state index contributed by atoms with van der Waals surface area (Å²) in [6.45, 7) is 7.45. The first-order valence-corrected chi connectivity index (χ1v) is 7.64. The third-order valence-corrected chi connectivity index (χ3v) is 4.31. The van der Waals surface area contributed by atoms with E-state index < -0.39 is 12.0 Å². The average Bonchev–Trinajstić information content (AvgIpc) is 2.39. The van der Waals surface area contributed by atoms with Crippen molar-refractivity contribution in [3.8, 4) is 0 Å². The molecular weight excluding hydrogens is 242 g/mol. The molecule has 0 aromatic heterocycles. The van der Waals surface area contributed by atoms with Gasteiger partial charge in [-0.25, -0.2) is 0 Å². The molecule has 0 spiro atoms. The summed E-state index contributed by atoms with van der Waals surface area (Å²) in [6, 6.07) is -0.461. The number of hydrogen-bond acceptors (Lipinski definition) is 3. The predicted molar refractivity (Wildman–Crippen MR) is 76.3 cm³/mol. The number of hydrogen-bond donors (Lipinski definition) is 2. The van der Waals surface area contributed by atoms with Crippen molar-refractivity contribution in [1.29, 1.82) is 0 Å². The van der Waals surface area contributed by atoms with E-state index in [-0.39, 0.29) is 5.92 Å². The van der Waals surface area contributed by atoms with Gasteiger partial charge in [0.1, 0.15) is 6.04 Å². The van der Waals surface area contributed by atoms with E-state index in [2.05, 4.69) is 12.2 Å². The Bertz CT molecular complexity index is 270. The minimum atomic E-state index is -0.764. The van der Waals surface area contributed by atoms with Gasteiger partial charge in [0, 0.05) is 6.54 Å². The Hall–Kier alpha value is -0.610. The molecule has 112 valence electrons. The lowest BCUT2D eigenvalue weighted by atomic mass is 9.88. The van der Waals surface area contributed by atoms with Gasteiger partial charge in [0.25, 0.3) is 0 Å². The Labute approximate surface area is 116 Å². The lowest BCUT2D eigenvalue weighted by Crippen LogP contribution is -2.43. The van der Waals surface area contributed by atoms with Crippen LogP contribution in [-0.2, 0) is 9.53 Å². The van der Waals surface area contributed by atoms with Gasteiger partial charge in [-0.3, -0.25) is 4.79 Å². The van der Waals surface area contributed by atoms with Gasteiger partial charge >= 0.3 is 5.97 Å². The Balaban J connectivity index is 2.22. The second kappa shape index (κ2) is 8.54. The Morgan fingerprint density at radius 1 is 1.42 bits per heavy atom. The summed E-state index contributed by atoms with van der Waals surface area (Å²) in [5, 5.41) is 12.3. The van der Waals surface area contributed by atoms with Crippen LogP contribution in [0.2, 0.25) is 0 Å². The second-order valence-corrected chi connectivity index (χ2v) is 5.83. The summed E-state index contributed by atoms with van der Waals surface area (Å²) in [5.74, 6) is 0.0186. The molecule has 0 amide bonds. The van der Waals surface area contributed by atoms with Crippen LogP contribution in [0.4, 0.5) is 0 Å². The minimum absolute atomic E-state index is 0.145. The first-order valence-electron chi connectivity index (χ1n) is 7.64. The summed E-state index contributed by atoms with van der Waals surface area (Å²) in [7, 11) is 0. The molecule has 0 aliphatic heterocycles. The zero-order valence-corrected chi connectivity index (χ0v) is 12.5. The predicted octanol–water partition coefficient (Wildman–Crippen LogP) is 2.67. The van der Waals surface area contributed by atoms with Crippen molar-refractivity contribution in [2.24, 2.45) is 11.8 Å². The number of carboxylic acid groups (broad SMARTS) is 1. The van der Waals surface area contributed by atoms with Gasteiger partial charge < -0.3 is 15.2 Å². The normalized spacial score (nSPS) is 26.9. The smallest absolute Gasteiger partial charge is 0.320 e. The van der Waals surface area contributed by atoms with E-state index in [4.69, 9.17) is 9.84 Å². The van der Waals surface area contributed by atoms with Crippen LogP contribution in [0.15, 0.2) is 0 Å². The maximum Gasteiger partial charge on any atom is 0.320 e. The Morgan fingerprint density at radius 3 is 2.68 bits per heavy atom. The zero-order valence-electron chi connectivity index (χ0n) is 12.5. The number of aliphatic carboxylic acids is 1. The lowest BCUT2D eigenvalue weighted by Gasteiger charge is -2.29. The van der Waals surface area contributed by atoms with E-state index in [0.717, 1.165) is 12.8 Å². The summed E-state index contributed by atoms with van der Waals surface area (Å²) in [6.07, 6.45) is 6.20. The fourth-order valence-corrected chi connectivity index (χ4v) is 2.72. The quantitative estimate of drug-likeness (QED) is 0.666. The van der Waals surface area contributed by atoms with Gasteiger partial charge in [-0.2, -0.15) is 0 Å². The van der Waals surface area contributed by atoms with Gasteiger partial charge in [-0.05, 0) is 24.7 Å².